The summed E-state index contributed by atoms with van der Waals surface area (Å²) in [6.07, 6.45) is 48.0. The van der Waals surface area contributed by atoms with Crippen molar-refractivity contribution in [1.82, 2.24) is 0 Å². The van der Waals surface area contributed by atoms with Crippen molar-refractivity contribution in [1.29, 1.82) is 0 Å². The van der Waals surface area contributed by atoms with Gasteiger partial charge in [0.2, 0.25) is 0 Å². The van der Waals surface area contributed by atoms with Gasteiger partial charge < -0.3 is 23.8 Å². The van der Waals surface area contributed by atoms with Crippen molar-refractivity contribution < 1.29 is 38.2 Å². The second-order valence-corrected chi connectivity index (χ2v) is 15.6. The number of carbonyl (C=O) groups excluding carboxylic acids is 2. The number of hydrogen-bond acceptors (Lipinski definition) is 6. The minimum Gasteiger partial charge on any atom is -0.477 e. The molecule has 0 aromatic heterocycles. The molecule has 1 N–H and O–H groups in total. The van der Waals surface area contributed by atoms with E-state index in [0.29, 0.717) is 12.8 Å². The van der Waals surface area contributed by atoms with E-state index in [0.717, 1.165) is 89.9 Å². The number of nitrogens with zero attached hydrogens (tertiary/aromatic N) is 1. The molecule has 0 radical (unpaired) electrons. The molecule has 2 atom stereocenters. The number of esters is 2. The molecular weight excluding hydrogens is 703 g/mol. The van der Waals surface area contributed by atoms with E-state index < -0.39 is 18.1 Å². The molecule has 0 fully saturated rings. The number of ether oxygens (including phenoxy) is 3. The number of aliphatic carboxylic acids is 1. The molecule has 0 spiro atoms. The standard InChI is InChI=1S/C48H81NO7/c1-6-8-10-12-14-16-18-20-21-22-23-24-25-27-29-31-33-35-37-39-47(51)56-44(42-54-41-40-45(48(52)53)49(3,4)5)43-55-46(50)38-36-34-32-30-28-26-19-17-15-13-11-9-7-2/h8,10,14,16-17,19-21,23-24,27,29,44-45H,6-7,9,11-13,15,18,22,25-26,28,30-43H2,1-5H3/p+1/b10-8-,16-14-,19-17-,21-20-,24-23-,29-27-. The average molecular weight is 785 g/mol. The van der Waals surface area contributed by atoms with Crippen LogP contribution in [0.2, 0.25) is 0 Å². The highest BCUT2D eigenvalue weighted by Gasteiger charge is 2.31. The summed E-state index contributed by atoms with van der Waals surface area (Å²) in [5, 5.41) is 9.61. The maximum Gasteiger partial charge on any atom is 0.362 e. The predicted molar refractivity (Wildman–Crippen MR) is 233 cm³/mol. The number of carbonyl (C=O) groups is 3. The molecule has 0 amide bonds. The second kappa shape index (κ2) is 38.6. The molecule has 0 saturated heterocycles. The highest BCUT2D eigenvalue weighted by molar-refractivity contribution is 5.72. The first kappa shape index (κ1) is 52.8. The Morgan fingerprint density at radius 3 is 1.52 bits per heavy atom. The molecule has 8 nitrogen and oxygen atoms in total. The third kappa shape index (κ3) is 36.4. The molecule has 0 aromatic rings. The Balaban J connectivity index is 4.44. The van der Waals surface area contributed by atoms with Gasteiger partial charge in [0, 0.05) is 19.3 Å². The summed E-state index contributed by atoms with van der Waals surface area (Å²) >= 11 is 0. The molecule has 8 heteroatoms. The first-order valence-electron chi connectivity index (χ1n) is 22.0. The van der Waals surface area contributed by atoms with Gasteiger partial charge in [0.15, 0.2) is 12.1 Å². The van der Waals surface area contributed by atoms with Gasteiger partial charge in [-0.3, -0.25) is 9.59 Å². The summed E-state index contributed by atoms with van der Waals surface area (Å²) in [4.78, 5) is 36.9. The van der Waals surface area contributed by atoms with Crippen molar-refractivity contribution in [3.8, 4) is 0 Å². The fourth-order valence-electron chi connectivity index (χ4n) is 5.93. The van der Waals surface area contributed by atoms with Crippen molar-refractivity contribution in [2.75, 3.05) is 41.0 Å². The maximum absolute atomic E-state index is 12.7. The smallest absolute Gasteiger partial charge is 0.362 e. The Labute approximate surface area is 342 Å². The number of allylic oxidation sites excluding steroid dienone is 12. The van der Waals surface area contributed by atoms with Gasteiger partial charge in [-0.05, 0) is 83.5 Å². The quantitative estimate of drug-likeness (QED) is 0.0288. The minimum absolute atomic E-state index is 0.0414. The van der Waals surface area contributed by atoms with Crippen LogP contribution in [0.5, 0.6) is 0 Å². The zero-order valence-corrected chi connectivity index (χ0v) is 36.3. The molecule has 0 saturated carbocycles. The normalized spacial score (nSPS) is 13.7. The fraction of sp³-hybridized carbons (Fsp3) is 0.688. The van der Waals surface area contributed by atoms with Crippen LogP contribution in [-0.4, -0.2) is 80.6 Å². The van der Waals surface area contributed by atoms with E-state index in [1.54, 1.807) is 0 Å². The molecule has 0 heterocycles. The number of quaternary nitrogens is 1. The third-order valence-corrected chi connectivity index (χ3v) is 9.34. The van der Waals surface area contributed by atoms with Gasteiger partial charge in [-0.15, -0.1) is 0 Å². The molecule has 0 aliphatic carbocycles. The van der Waals surface area contributed by atoms with Crippen LogP contribution in [0.1, 0.15) is 162 Å². The highest BCUT2D eigenvalue weighted by atomic mass is 16.6. The van der Waals surface area contributed by atoms with Crippen LogP contribution in [0, 0.1) is 0 Å². The largest absolute Gasteiger partial charge is 0.477 e. The van der Waals surface area contributed by atoms with E-state index >= 15 is 0 Å². The van der Waals surface area contributed by atoms with Crippen LogP contribution in [0.4, 0.5) is 0 Å². The monoisotopic (exact) mass is 785 g/mol. The van der Waals surface area contributed by atoms with Crippen LogP contribution in [0.25, 0.3) is 0 Å². The second-order valence-electron chi connectivity index (χ2n) is 15.6. The van der Waals surface area contributed by atoms with Crippen LogP contribution in [-0.2, 0) is 28.6 Å². The van der Waals surface area contributed by atoms with Crippen LogP contribution in [0.3, 0.4) is 0 Å². The van der Waals surface area contributed by atoms with Crippen molar-refractivity contribution in [2.45, 2.75) is 174 Å². The van der Waals surface area contributed by atoms with E-state index in [2.05, 4.69) is 86.8 Å². The summed E-state index contributed by atoms with van der Waals surface area (Å²) in [5.74, 6) is -1.53. The van der Waals surface area contributed by atoms with Crippen LogP contribution >= 0.6 is 0 Å². The van der Waals surface area contributed by atoms with Crippen molar-refractivity contribution in [3.05, 3.63) is 72.9 Å². The summed E-state index contributed by atoms with van der Waals surface area (Å²) in [7, 11) is 5.50. The zero-order valence-electron chi connectivity index (χ0n) is 36.3. The third-order valence-electron chi connectivity index (χ3n) is 9.34. The van der Waals surface area contributed by atoms with Gasteiger partial charge in [-0.25, -0.2) is 4.79 Å². The summed E-state index contributed by atoms with van der Waals surface area (Å²) < 4.78 is 17.2. The summed E-state index contributed by atoms with van der Waals surface area (Å²) in [5.41, 5.74) is 0. The lowest BCUT2D eigenvalue weighted by Crippen LogP contribution is -2.50. The Morgan fingerprint density at radius 1 is 0.554 bits per heavy atom. The first-order valence-corrected chi connectivity index (χ1v) is 22.0. The first-order chi connectivity index (χ1) is 27.1. The lowest BCUT2D eigenvalue weighted by Gasteiger charge is -2.31. The van der Waals surface area contributed by atoms with Gasteiger partial charge in [-0.1, -0.05) is 132 Å². The van der Waals surface area contributed by atoms with E-state index in [4.69, 9.17) is 14.2 Å². The van der Waals surface area contributed by atoms with E-state index in [1.165, 1.54) is 38.5 Å². The fourth-order valence-corrected chi connectivity index (χ4v) is 5.93. The van der Waals surface area contributed by atoms with Gasteiger partial charge in [-0.2, -0.15) is 0 Å². The number of carboxylic acid groups (broad SMARTS) is 1. The van der Waals surface area contributed by atoms with Gasteiger partial charge in [0.1, 0.15) is 6.61 Å². The van der Waals surface area contributed by atoms with E-state index in [-0.39, 0.29) is 42.7 Å². The van der Waals surface area contributed by atoms with Gasteiger partial charge >= 0.3 is 17.9 Å². The maximum atomic E-state index is 12.7. The molecule has 0 bridgehead atoms. The Bertz CT molecular complexity index is 1140. The Morgan fingerprint density at radius 2 is 1.00 bits per heavy atom. The lowest BCUT2D eigenvalue weighted by molar-refractivity contribution is -0.887. The van der Waals surface area contributed by atoms with Crippen molar-refractivity contribution in [3.63, 3.8) is 0 Å². The molecule has 56 heavy (non-hydrogen) atoms. The van der Waals surface area contributed by atoms with Crippen molar-refractivity contribution >= 4 is 17.9 Å². The molecule has 320 valence electrons. The number of hydrogen-bond donors (Lipinski definition) is 1. The predicted octanol–water partition coefficient (Wildman–Crippen LogP) is 12.0. The Kier molecular flexibility index (Phi) is 36.4. The van der Waals surface area contributed by atoms with E-state index in [9.17, 15) is 19.5 Å². The molecule has 0 rings (SSSR count). The zero-order chi connectivity index (χ0) is 41.4. The SMILES string of the molecule is CC/C=C\C/C=C\C/C=C\C/C=C\C/C=C\CCCCCC(=O)OC(COCCC(C(=O)O)[N+](C)(C)C)COC(=O)CCCCCCC/C=C\CCCCCC. The minimum atomic E-state index is -0.885. The average Bonchev–Trinajstić information content (AvgIpc) is 3.15. The molecule has 0 aliphatic heterocycles. The summed E-state index contributed by atoms with van der Waals surface area (Å²) in [6.45, 7) is 4.55. The van der Waals surface area contributed by atoms with Crippen molar-refractivity contribution in [2.24, 2.45) is 0 Å². The molecule has 0 aliphatic rings. The molecule has 2 unspecified atom stereocenters. The van der Waals surface area contributed by atoms with Gasteiger partial charge in [0.25, 0.3) is 0 Å². The number of rotatable bonds is 38. The number of unbranched alkanes of at least 4 members (excludes halogenated alkanes) is 12. The lowest BCUT2D eigenvalue weighted by atomic mass is 10.1. The number of likely N-dealkylation sites (N-methyl/N-ethyl adjacent to an activating group) is 1. The molecular formula is C48H82NO7+. The van der Waals surface area contributed by atoms with Crippen LogP contribution in [0.15, 0.2) is 72.9 Å². The topological polar surface area (TPSA) is 99.1 Å². The Hall–Kier alpha value is -3.23. The molecule has 0 aromatic carbocycles. The van der Waals surface area contributed by atoms with Crippen LogP contribution < -0.4 is 0 Å². The van der Waals surface area contributed by atoms with E-state index in [1.807, 2.05) is 21.1 Å². The summed E-state index contributed by atoms with van der Waals surface area (Å²) in [6, 6.07) is -0.625. The highest BCUT2D eigenvalue weighted by Crippen LogP contribution is 2.12. The number of carboxylic acids is 1. The van der Waals surface area contributed by atoms with Gasteiger partial charge in [0.05, 0.1) is 34.4 Å².